The number of ether oxygens (including phenoxy) is 1. The summed E-state index contributed by atoms with van der Waals surface area (Å²) in [6, 6.07) is 4.66. The number of carbonyl (C=O) groups excluding carboxylic acids is 1. The van der Waals surface area contributed by atoms with Gasteiger partial charge in [-0.15, -0.1) is 0 Å². The highest BCUT2D eigenvalue weighted by molar-refractivity contribution is 9.10. The highest BCUT2D eigenvalue weighted by Crippen LogP contribution is 2.39. The van der Waals surface area contributed by atoms with E-state index in [2.05, 4.69) is 20.8 Å². The second kappa shape index (κ2) is 6.88. The standard InChI is InChI=1S/C16H21BrFNO2/c1-3-21-15(20)11-16(2,19-8-4-5-9-19)13-7-6-12(18)10-14(13)17/h6-7,10H,3-5,8-9,11H2,1-2H3. The molecule has 1 fully saturated rings. The monoisotopic (exact) mass is 357 g/mol. The van der Waals surface area contributed by atoms with Crippen LogP contribution in [0, 0.1) is 5.82 Å². The minimum Gasteiger partial charge on any atom is -0.466 e. The van der Waals surface area contributed by atoms with E-state index in [0.717, 1.165) is 31.5 Å². The molecule has 1 atom stereocenters. The van der Waals surface area contributed by atoms with Crippen LogP contribution in [0.15, 0.2) is 22.7 Å². The molecule has 1 aromatic carbocycles. The van der Waals surface area contributed by atoms with Crippen molar-refractivity contribution in [1.29, 1.82) is 0 Å². The predicted octanol–water partition coefficient (Wildman–Crippen LogP) is 3.85. The van der Waals surface area contributed by atoms with Crippen molar-refractivity contribution in [3.63, 3.8) is 0 Å². The number of carbonyl (C=O) groups is 1. The van der Waals surface area contributed by atoms with E-state index >= 15 is 0 Å². The molecule has 0 radical (unpaired) electrons. The third kappa shape index (κ3) is 3.64. The Balaban J connectivity index is 2.36. The van der Waals surface area contributed by atoms with Gasteiger partial charge in [0.05, 0.1) is 18.6 Å². The molecule has 0 aliphatic carbocycles. The topological polar surface area (TPSA) is 29.5 Å². The zero-order valence-electron chi connectivity index (χ0n) is 12.5. The molecule has 1 aromatic rings. The third-order valence-corrected chi connectivity index (χ3v) is 4.77. The van der Waals surface area contributed by atoms with Crippen LogP contribution in [0.4, 0.5) is 4.39 Å². The number of rotatable bonds is 5. The van der Waals surface area contributed by atoms with Gasteiger partial charge >= 0.3 is 5.97 Å². The SMILES string of the molecule is CCOC(=O)CC(C)(c1ccc(F)cc1Br)N1CCCC1. The average molecular weight is 358 g/mol. The number of likely N-dealkylation sites (tertiary alicyclic amines) is 1. The fourth-order valence-electron chi connectivity index (χ4n) is 3.01. The van der Waals surface area contributed by atoms with E-state index in [1.807, 2.05) is 6.92 Å². The zero-order valence-corrected chi connectivity index (χ0v) is 14.1. The molecule has 0 aromatic heterocycles. The summed E-state index contributed by atoms with van der Waals surface area (Å²) in [5.41, 5.74) is 0.453. The van der Waals surface area contributed by atoms with E-state index in [4.69, 9.17) is 4.74 Å². The van der Waals surface area contributed by atoms with E-state index < -0.39 is 5.54 Å². The number of esters is 1. The molecule has 0 saturated carbocycles. The molecule has 3 nitrogen and oxygen atoms in total. The molecule has 116 valence electrons. The molecule has 0 spiro atoms. The fraction of sp³-hybridized carbons (Fsp3) is 0.562. The Morgan fingerprint density at radius 1 is 1.43 bits per heavy atom. The molecular weight excluding hydrogens is 337 g/mol. The van der Waals surface area contributed by atoms with Gasteiger partial charge in [-0.3, -0.25) is 9.69 Å². The predicted molar refractivity (Wildman–Crippen MR) is 83.5 cm³/mol. The summed E-state index contributed by atoms with van der Waals surface area (Å²) in [6.45, 7) is 6.10. The van der Waals surface area contributed by atoms with E-state index in [9.17, 15) is 9.18 Å². The highest BCUT2D eigenvalue weighted by Gasteiger charge is 2.39. The first-order chi connectivity index (χ1) is 9.97. The van der Waals surface area contributed by atoms with Crippen LogP contribution in [0.3, 0.4) is 0 Å². The van der Waals surface area contributed by atoms with Crippen LogP contribution in [0.25, 0.3) is 0 Å². The first-order valence-corrected chi connectivity index (χ1v) is 8.13. The molecule has 5 heteroatoms. The van der Waals surface area contributed by atoms with Crippen molar-refractivity contribution in [2.24, 2.45) is 0 Å². The van der Waals surface area contributed by atoms with Gasteiger partial charge in [0, 0.05) is 4.47 Å². The van der Waals surface area contributed by atoms with Crippen LogP contribution in [0.1, 0.15) is 38.7 Å². The summed E-state index contributed by atoms with van der Waals surface area (Å²) >= 11 is 3.44. The lowest BCUT2D eigenvalue weighted by molar-refractivity contribution is -0.146. The summed E-state index contributed by atoms with van der Waals surface area (Å²) < 4.78 is 19.2. The van der Waals surface area contributed by atoms with Gasteiger partial charge in [-0.25, -0.2) is 4.39 Å². The van der Waals surface area contributed by atoms with Gasteiger partial charge in [-0.2, -0.15) is 0 Å². The number of hydrogen-bond acceptors (Lipinski definition) is 3. The lowest BCUT2D eigenvalue weighted by Gasteiger charge is -2.39. The second-order valence-electron chi connectivity index (χ2n) is 5.57. The van der Waals surface area contributed by atoms with Crippen molar-refractivity contribution >= 4 is 21.9 Å². The number of halogens is 2. The number of hydrogen-bond donors (Lipinski definition) is 0. The second-order valence-corrected chi connectivity index (χ2v) is 6.43. The van der Waals surface area contributed by atoms with Gasteiger partial charge in [-0.05, 0) is 57.5 Å². The van der Waals surface area contributed by atoms with Crippen molar-refractivity contribution < 1.29 is 13.9 Å². The van der Waals surface area contributed by atoms with Crippen molar-refractivity contribution in [1.82, 2.24) is 4.90 Å². The van der Waals surface area contributed by atoms with Crippen molar-refractivity contribution in [2.45, 2.75) is 38.6 Å². The molecule has 21 heavy (non-hydrogen) atoms. The van der Waals surface area contributed by atoms with Crippen LogP contribution in [-0.2, 0) is 15.1 Å². The van der Waals surface area contributed by atoms with E-state index in [0.29, 0.717) is 11.1 Å². The van der Waals surface area contributed by atoms with Gasteiger partial charge in [0.25, 0.3) is 0 Å². The molecule has 1 saturated heterocycles. The Labute approximate surface area is 133 Å². The average Bonchev–Trinajstić information content (AvgIpc) is 2.92. The number of nitrogens with zero attached hydrogens (tertiary/aromatic N) is 1. The zero-order chi connectivity index (χ0) is 15.5. The van der Waals surface area contributed by atoms with Crippen molar-refractivity contribution in [3.05, 3.63) is 34.1 Å². The molecule has 1 aliphatic rings. The first-order valence-electron chi connectivity index (χ1n) is 7.33. The van der Waals surface area contributed by atoms with E-state index in [1.54, 1.807) is 13.0 Å². The molecular formula is C16H21BrFNO2. The lowest BCUT2D eigenvalue weighted by atomic mass is 9.87. The maximum atomic E-state index is 13.4. The Morgan fingerprint density at radius 3 is 2.67 bits per heavy atom. The molecule has 2 rings (SSSR count). The largest absolute Gasteiger partial charge is 0.466 e. The van der Waals surface area contributed by atoms with Gasteiger partial charge in [0.2, 0.25) is 0 Å². The fourth-order valence-corrected chi connectivity index (χ4v) is 3.79. The van der Waals surface area contributed by atoms with Gasteiger partial charge < -0.3 is 4.74 Å². The van der Waals surface area contributed by atoms with Crippen LogP contribution in [-0.4, -0.2) is 30.6 Å². The van der Waals surface area contributed by atoms with Crippen LogP contribution in [0.2, 0.25) is 0 Å². The Bertz CT molecular complexity index is 517. The van der Waals surface area contributed by atoms with E-state index in [-0.39, 0.29) is 18.2 Å². The maximum Gasteiger partial charge on any atom is 0.308 e. The summed E-state index contributed by atoms with van der Waals surface area (Å²) in [6.07, 6.45) is 2.51. The van der Waals surface area contributed by atoms with Crippen LogP contribution >= 0.6 is 15.9 Å². The smallest absolute Gasteiger partial charge is 0.308 e. The van der Waals surface area contributed by atoms with Crippen LogP contribution in [0.5, 0.6) is 0 Å². The molecule has 1 heterocycles. The Morgan fingerprint density at radius 2 is 2.10 bits per heavy atom. The normalized spacial score (nSPS) is 18.5. The van der Waals surface area contributed by atoms with Crippen molar-refractivity contribution in [2.75, 3.05) is 19.7 Å². The van der Waals surface area contributed by atoms with Gasteiger partial charge in [-0.1, -0.05) is 22.0 Å². The highest BCUT2D eigenvalue weighted by atomic mass is 79.9. The summed E-state index contributed by atoms with van der Waals surface area (Å²) in [5, 5.41) is 0. The summed E-state index contributed by atoms with van der Waals surface area (Å²) in [4.78, 5) is 14.3. The summed E-state index contributed by atoms with van der Waals surface area (Å²) in [7, 11) is 0. The Hall–Kier alpha value is -0.940. The lowest BCUT2D eigenvalue weighted by Crippen LogP contribution is -2.44. The molecule has 1 aliphatic heterocycles. The minimum absolute atomic E-state index is 0.219. The van der Waals surface area contributed by atoms with Crippen LogP contribution < -0.4 is 0 Å². The van der Waals surface area contributed by atoms with E-state index in [1.165, 1.54) is 12.1 Å². The molecule has 0 N–H and O–H groups in total. The first kappa shape index (κ1) is 16.4. The Kier molecular flexibility index (Phi) is 5.38. The third-order valence-electron chi connectivity index (χ3n) is 4.11. The maximum absolute atomic E-state index is 13.4. The molecule has 0 bridgehead atoms. The summed E-state index contributed by atoms with van der Waals surface area (Å²) in [5.74, 6) is -0.506. The van der Waals surface area contributed by atoms with Gasteiger partial charge in [0.1, 0.15) is 5.82 Å². The van der Waals surface area contributed by atoms with Gasteiger partial charge in [0.15, 0.2) is 0 Å². The molecule has 1 unspecified atom stereocenters. The number of benzene rings is 1. The quantitative estimate of drug-likeness (QED) is 0.749. The minimum atomic E-state index is -0.477. The van der Waals surface area contributed by atoms with Crippen molar-refractivity contribution in [3.8, 4) is 0 Å². The molecule has 0 amide bonds.